The highest BCUT2D eigenvalue weighted by molar-refractivity contribution is 9.10. The van der Waals surface area contributed by atoms with Gasteiger partial charge < -0.3 is 15.5 Å². The Bertz CT molecular complexity index is 432. The molecule has 0 aliphatic heterocycles. The van der Waals surface area contributed by atoms with Gasteiger partial charge in [0.15, 0.2) is 0 Å². The molecular weight excluding hydrogens is 298 g/mol. The van der Waals surface area contributed by atoms with Gasteiger partial charge in [-0.05, 0) is 54.4 Å². The van der Waals surface area contributed by atoms with E-state index in [0.29, 0.717) is 24.0 Å². The fraction of sp³-hybridized carbons (Fsp3) is 0.462. The Morgan fingerprint density at radius 2 is 2.11 bits per heavy atom. The molecule has 0 saturated carbocycles. The zero-order valence-corrected chi connectivity index (χ0v) is 12.1. The first kappa shape index (κ1) is 15.0. The van der Waals surface area contributed by atoms with Gasteiger partial charge in [0.05, 0.1) is 9.89 Å². The maximum Gasteiger partial charge on any atom is 0.309 e. The van der Waals surface area contributed by atoms with Crippen molar-refractivity contribution < 1.29 is 15.0 Å². The third-order valence-electron chi connectivity index (χ3n) is 2.88. The maximum atomic E-state index is 10.9. The largest absolute Gasteiger partial charge is 0.507 e. The van der Waals surface area contributed by atoms with Crippen molar-refractivity contribution in [3.63, 3.8) is 0 Å². The molecule has 4 nitrogen and oxygen atoms in total. The van der Waals surface area contributed by atoms with Gasteiger partial charge in [-0.25, -0.2) is 0 Å². The van der Waals surface area contributed by atoms with Crippen molar-refractivity contribution in [1.82, 2.24) is 5.32 Å². The van der Waals surface area contributed by atoms with E-state index in [1.54, 1.807) is 26.0 Å². The van der Waals surface area contributed by atoms with Crippen molar-refractivity contribution in [2.75, 3.05) is 6.54 Å². The van der Waals surface area contributed by atoms with Crippen molar-refractivity contribution in [2.24, 2.45) is 5.41 Å². The number of phenols is 1. The van der Waals surface area contributed by atoms with Gasteiger partial charge >= 0.3 is 5.97 Å². The number of hydrogen-bond donors (Lipinski definition) is 3. The van der Waals surface area contributed by atoms with E-state index in [4.69, 9.17) is 5.11 Å². The fourth-order valence-corrected chi connectivity index (χ4v) is 1.84. The van der Waals surface area contributed by atoms with Crippen molar-refractivity contribution in [3.8, 4) is 5.75 Å². The second kappa shape index (κ2) is 6.20. The van der Waals surface area contributed by atoms with Gasteiger partial charge in [-0.15, -0.1) is 0 Å². The van der Waals surface area contributed by atoms with Crippen molar-refractivity contribution in [3.05, 3.63) is 28.2 Å². The first-order valence-corrected chi connectivity index (χ1v) is 6.54. The smallest absolute Gasteiger partial charge is 0.309 e. The topological polar surface area (TPSA) is 69.6 Å². The van der Waals surface area contributed by atoms with Crippen LogP contribution in [0.3, 0.4) is 0 Å². The lowest BCUT2D eigenvalue weighted by Gasteiger charge is -2.19. The van der Waals surface area contributed by atoms with Crippen LogP contribution in [-0.4, -0.2) is 22.7 Å². The highest BCUT2D eigenvalue weighted by atomic mass is 79.9. The summed E-state index contributed by atoms with van der Waals surface area (Å²) >= 11 is 3.31. The molecule has 3 N–H and O–H groups in total. The lowest BCUT2D eigenvalue weighted by Crippen LogP contribution is -2.28. The molecule has 0 aliphatic rings. The van der Waals surface area contributed by atoms with Crippen LogP contribution in [0.4, 0.5) is 0 Å². The number of aromatic hydroxyl groups is 1. The summed E-state index contributed by atoms with van der Waals surface area (Å²) in [6, 6.07) is 5.29. The quantitative estimate of drug-likeness (QED) is 0.706. The van der Waals surface area contributed by atoms with Gasteiger partial charge in [-0.1, -0.05) is 12.1 Å². The predicted octanol–water partition coefficient (Wildman–Crippen LogP) is 2.75. The molecule has 0 aliphatic carbocycles. The highest BCUT2D eigenvalue weighted by Crippen LogP contribution is 2.27. The number of nitrogens with one attached hydrogen (secondary N) is 1. The molecule has 0 radical (unpaired) electrons. The number of carboxylic acid groups (broad SMARTS) is 1. The van der Waals surface area contributed by atoms with Crippen LogP contribution in [-0.2, 0) is 11.3 Å². The van der Waals surface area contributed by atoms with E-state index in [1.165, 1.54) is 0 Å². The second-order valence-corrected chi connectivity index (χ2v) is 5.66. The van der Waals surface area contributed by atoms with Gasteiger partial charge in [-0.2, -0.15) is 0 Å². The van der Waals surface area contributed by atoms with Gasteiger partial charge in [0, 0.05) is 6.54 Å². The lowest BCUT2D eigenvalue weighted by atomic mass is 9.90. The van der Waals surface area contributed by atoms with Crippen LogP contribution in [0.15, 0.2) is 22.7 Å². The number of carboxylic acids is 1. The standard InChI is InChI=1S/C13H18BrNO3/c1-13(2,12(17)18)6-7-15-8-9-4-3-5-10(16)11(9)14/h3-5,15-16H,6-8H2,1-2H3,(H,17,18). The van der Waals surface area contributed by atoms with E-state index in [-0.39, 0.29) is 5.75 Å². The fourth-order valence-electron chi connectivity index (χ4n) is 1.43. The van der Waals surface area contributed by atoms with Crippen molar-refractivity contribution in [1.29, 1.82) is 0 Å². The molecule has 0 bridgehead atoms. The maximum absolute atomic E-state index is 10.9. The Kier molecular flexibility index (Phi) is 5.16. The molecule has 0 aromatic heterocycles. The van der Waals surface area contributed by atoms with Crippen LogP contribution in [0, 0.1) is 5.41 Å². The summed E-state index contributed by atoms with van der Waals surface area (Å²) in [5, 5.41) is 21.7. The second-order valence-electron chi connectivity index (χ2n) is 4.87. The number of rotatable bonds is 6. The molecule has 1 aromatic carbocycles. The van der Waals surface area contributed by atoms with E-state index in [0.717, 1.165) is 5.56 Å². The van der Waals surface area contributed by atoms with E-state index >= 15 is 0 Å². The minimum atomic E-state index is -0.789. The molecule has 0 fully saturated rings. The van der Waals surface area contributed by atoms with Crippen LogP contribution in [0.1, 0.15) is 25.8 Å². The highest BCUT2D eigenvalue weighted by Gasteiger charge is 2.26. The molecule has 0 atom stereocenters. The Hall–Kier alpha value is -1.07. The monoisotopic (exact) mass is 315 g/mol. The molecule has 1 rings (SSSR count). The molecule has 18 heavy (non-hydrogen) atoms. The summed E-state index contributed by atoms with van der Waals surface area (Å²) in [7, 11) is 0. The summed E-state index contributed by atoms with van der Waals surface area (Å²) < 4.78 is 0.676. The van der Waals surface area contributed by atoms with Gasteiger partial charge in [0.2, 0.25) is 0 Å². The van der Waals surface area contributed by atoms with Gasteiger partial charge in [-0.3, -0.25) is 4.79 Å². The number of halogens is 1. The van der Waals surface area contributed by atoms with Gasteiger partial charge in [0.25, 0.3) is 0 Å². The number of hydrogen-bond acceptors (Lipinski definition) is 3. The molecular formula is C13H18BrNO3. The van der Waals surface area contributed by atoms with Crippen molar-refractivity contribution in [2.45, 2.75) is 26.8 Å². The molecule has 0 heterocycles. The minimum absolute atomic E-state index is 0.208. The lowest BCUT2D eigenvalue weighted by molar-refractivity contribution is -0.147. The molecule has 1 aromatic rings. The number of aliphatic carboxylic acids is 1. The number of carbonyl (C=O) groups is 1. The zero-order chi connectivity index (χ0) is 13.8. The molecule has 0 unspecified atom stereocenters. The Balaban J connectivity index is 2.43. The van der Waals surface area contributed by atoms with Crippen LogP contribution < -0.4 is 5.32 Å². The van der Waals surface area contributed by atoms with Crippen LogP contribution in [0.2, 0.25) is 0 Å². The van der Waals surface area contributed by atoms with Gasteiger partial charge in [0.1, 0.15) is 5.75 Å². The van der Waals surface area contributed by atoms with E-state index in [9.17, 15) is 9.90 Å². The summed E-state index contributed by atoms with van der Waals surface area (Å²) in [6.07, 6.45) is 0.554. The SMILES string of the molecule is CC(C)(CCNCc1cccc(O)c1Br)C(=O)O. The number of phenolic OH excluding ortho intramolecular Hbond substituents is 1. The Morgan fingerprint density at radius 3 is 2.72 bits per heavy atom. The van der Waals surface area contributed by atoms with E-state index < -0.39 is 11.4 Å². The average molecular weight is 316 g/mol. The third kappa shape index (κ3) is 3.99. The molecule has 5 heteroatoms. The third-order valence-corrected chi connectivity index (χ3v) is 3.80. The van der Waals surface area contributed by atoms with E-state index in [1.807, 2.05) is 6.07 Å². The van der Waals surface area contributed by atoms with Crippen LogP contribution >= 0.6 is 15.9 Å². The predicted molar refractivity (Wildman–Crippen MR) is 73.5 cm³/mol. The first-order valence-electron chi connectivity index (χ1n) is 5.75. The summed E-state index contributed by atoms with van der Waals surface area (Å²) in [5.41, 5.74) is 0.228. The molecule has 0 saturated heterocycles. The Labute approximate surface area is 115 Å². The Morgan fingerprint density at radius 1 is 1.44 bits per heavy atom. The molecule has 100 valence electrons. The van der Waals surface area contributed by atoms with Crippen LogP contribution in [0.5, 0.6) is 5.75 Å². The molecule has 0 spiro atoms. The van der Waals surface area contributed by atoms with Crippen LogP contribution in [0.25, 0.3) is 0 Å². The number of benzene rings is 1. The van der Waals surface area contributed by atoms with Crippen molar-refractivity contribution >= 4 is 21.9 Å². The minimum Gasteiger partial charge on any atom is -0.507 e. The molecule has 0 amide bonds. The zero-order valence-electron chi connectivity index (χ0n) is 10.5. The van der Waals surface area contributed by atoms with E-state index in [2.05, 4.69) is 21.2 Å². The normalized spacial score (nSPS) is 11.5. The average Bonchev–Trinajstić information content (AvgIpc) is 2.29. The summed E-state index contributed by atoms with van der Waals surface area (Å²) in [6.45, 7) is 4.62. The summed E-state index contributed by atoms with van der Waals surface area (Å²) in [4.78, 5) is 10.9. The summed E-state index contributed by atoms with van der Waals surface area (Å²) in [5.74, 6) is -0.581. The first-order chi connectivity index (χ1) is 8.34.